The van der Waals surface area contributed by atoms with E-state index in [0.29, 0.717) is 0 Å². The normalized spacial score (nSPS) is 15.2. The standard InChI is InChI=1S/C31H55N11O14/c1-13(2)9-17(26(51)42-23(14(3)45)29(54)37-16(30(55)56)5-4-8-36-31(34)35)38-25(50)18(10-22(47)48)39-27(52)20(12-44)41-28(53)19(11-43)40-24(49)15(32)6-7-21(33)46/h13-20,23,43-45H,4-12,32H2,1-3H3,(H2,33,46)(H,37,54)(H,38,50)(H,39,52)(H,40,49)(H,41,53)(H,42,51)(H,47,48)(H,55,56)(H4,34,35,36)/t14-,15+,16+,17+,18+,19+,20+,23+/m1/s1. The SMILES string of the molecule is CC(C)C[C@H](NC(=O)[C@H](CC(=O)O)NC(=O)[C@H](CO)NC(=O)[C@H](CO)NC(=O)[C@@H](N)CCC(N)=O)C(=O)N[C@H](C(=O)N[C@@H](CCCN=C(N)N)C(=O)O)[C@@H](C)O. The Balaban J connectivity index is 5.96. The minimum atomic E-state index is -1.93. The lowest BCUT2D eigenvalue weighted by Crippen LogP contribution is -2.61. The van der Waals surface area contributed by atoms with Crippen LogP contribution in [0.3, 0.4) is 0 Å². The molecule has 0 heterocycles. The molecule has 8 atom stereocenters. The number of nitrogens with one attached hydrogen (secondary N) is 6. The fraction of sp³-hybridized carbons (Fsp3) is 0.677. The van der Waals surface area contributed by atoms with Gasteiger partial charge in [0.1, 0.15) is 36.3 Å². The van der Waals surface area contributed by atoms with Gasteiger partial charge in [-0.1, -0.05) is 13.8 Å². The fourth-order valence-corrected chi connectivity index (χ4v) is 4.68. The van der Waals surface area contributed by atoms with E-state index >= 15 is 0 Å². The molecule has 0 aliphatic rings. The summed E-state index contributed by atoms with van der Waals surface area (Å²) >= 11 is 0. The van der Waals surface area contributed by atoms with Gasteiger partial charge < -0.3 is 80.4 Å². The first kappa shape index (κ1) is 50.3. The number of aliphatic carboxylic acids is 2. The molecule has 0 saturated carbocycles. The maximum atomic E-state index is 13.4. The number of nitrogens with two attached hydrogens (primary N) is 4. The van der Waals surface area contributed by atoms with Crippen LogP contribution in [0.4, 0.5) is 0 Å². The van der Waals surface area contributed by atoms with Crippen molar-refractivity contribution in [2.45, 2.75) is 108 Å². The van der Waals surface area contributed by atoms with Crippen molar-refractivity contribution in [2.75, 3.05) is 19.8 Å². The number of carbonyl (C=O) groups excluding carboxylic acids is 7. The lowest BCUT2D eigenvalue weighted by molar-refractivity contribution is -0.143. The monoisotopic (exact) mass is 805 g/mol. The molecule has 7 amide bonds. The predicted octanol–water partition coefficient (Wildman–Crippen LogP) is -7.49. The second kappa shape index (κ2) is 25.4. The number of hydrogen-bond acceptors (Lipinski definition) is 14. The Morgan fingerprint density at radius 3 is 1.54 bits per heavy atom. The molecule has 0 fully saturated rings. The van der Waals surface area contributed by atoms with E-state index in [0.717, 1.165) is 6.92 Å². The van der Waals surface area contributed by atoms with Crippen LogP contribution in [-0.2, 0) is 43.2 Å². The first-order valence-corrected chi connectivity index (χ1v) is 17.3. The summed E-state index contributed by atoms with van der Waals surface area (Å²) in [6, 6.07) is -11.6. The third-order valence-corrected chi connectivity index (χ3v) is 7.64. The van der Waals surface area contributed by atoms with Crippen LogP contribution in [0.25, 0.3) is 0 Å². The molecule has 19 N–H and O–H groups in total. The largest absolute Gasteiger partial charge is 0.481 e. The quantitative estimate of drug-likeness (QED) is 0.0208. The number of aliphatic hydroxyl groups is 3. The molecule has 0 rings (SSSR count). The van der Waals surface area contributed by atoms with Crippen molar-refractivity contribution in [3.05, 3.63) is 0 Å². The first-order valence-electron chi connectivity index (χ1n) is 17.3. The maximum absolute atomic E-state index is 13.4. The summed E-state index contributed by atoms with van der Waals surface area (Å²) in [5.74, 6) is -11.2. The van der Waals surface area contributed by atoms with Crippen LogP contribution in [-0.4, -0.2) is 153 Å². The van der Waals surface area contributed by atoms with Gasteiger partial charge in [-0.25, -0.2) is 4.79 Å². The van der Waals surface area contributed by atoms with Gasteiger partial charge in [0.15, 0.2) is 5.96 Å². The number of guanidine groups is 1. The van der Waals surface area contributed by atoms with Gasteiger partial charge in [-0.3, -0.25) is 43.3 Å². The molecule has 0 aliphatic heterocycles. The van der Waals surface area contributed by atoms with Crippen molar-refractivity contribution in [3.63, 3.8) is 0 Å². The van der Waals surface area contributed by atoms with Crippen molar-refractivity contribution in [3.8, 4) is 0 Å². The number of nitrogens with zero attached hydrogens (tertiary/aromatic N) is 1. The molecule has 0 bridgehead atoms. The number of primary amides is 1. The molecule has 0 aliphatic carbocycles. The lowest BCUT2D eigenvalue weighted by atomic mass is 10.0. The van der Waals surface area contributed by atoms with Gasteiger partial charge in [-0.15, -0.1) is 0 Å². The van der Waals surface area contributed by atoms with E-state index in [-0.39, 0.29) is 50.5 Å². The summed E-state index contributed by atoms with van der Waals surface area (Å²) in [5, 5.41) is 61.7. The lowest BCUT2D eigenvalue weighted by Gasteiger charge is -2.28. The molecule has 318 valence electrons. The number of rotatable bonds is 27. The third-order valence-electron chi connectivity index (χ3n) is 7.64. The highest BCUT2D eigenvalue weighted by atomic mass is 16.4. The summed E-state index contributed by atoms with van der Waals surface area (Å²) in [5.41, 5.74) is 21.1. The van der Waals surface area contributed by atoms with E-state index in [4.69, 9.17) is 22.9 Å². The number of carboxylic acids is 2. The van der Waals surface area contributed by atoms with Crippen LogP contribution >= 0.6 is 0 Å². The van der Waals surface area contributed by atoms with Crippen LogP contribution < -0.4 is 54.8 Å². The van der Waals surface area contributed by atoms with Crippen LogP contribution in [0.2, 0.25) is 0 Å². The molecule has 0 saturated heterocycles. The minimum Gasteiger partial charge on any atom is -0.481 e. The molecule has 0 aromatic carbocycles. The molecule has 0 radical (unpaired) electrons. The van der Waals surface area contributed by atoms with Crippen molar-refractivity contribution in [1.29, 1.82) is 0 Å². The average Bonchev–Trinajstić information content (AvgIpc) is 3.09. The number of carbonyl (C=O) groups is 9. The van der Waals surface area contributed by atoms with Gasteiger partial charge in [0.25, 0.3) is 0 Å². The van der Waals surface area contributed by atoms with Crippen molar-refractivity contribution in [2.24, 2.45) is 33.8 Å². The predicted molar refractivity (Wildman–Crippen MR) is 193 cm³/mol. The molecule has 25 heteroatoms. The summed E-state index contributed by atoms with van der Waals surface area (Å²) in [6.45, 7) is 2.34. The second-order valence-corrected chi connectivity index (χ2v) is 13.0. The number of carboxylic acid groups (broad SMARTS) is 2. The Labute approximate surface area is 321 Å². The van der Waals surface area contributed by atoms with E-state index in [1.54, 1.807) is 13.8 Å². The molecular weight excluding hydrogens is 750 g/mol. The van der Waals surface area contributed by atoms with E-state index in [1.807, 2.05) is 10.6 Å². The summed E-state index contributed by atoms with van der Waals surface area (Å²) in [6.07, 6.45) is -3.23. The molecular formula is C31H55N11O14. The molecule has 0 aromatic rings. The fourth-order valence-electron chi connectivity index (χ4n) is 4.68. The zero-order valence-electron chi connectivity index (χ0n) is 31.2. The topological polar surface area (TPSA) is 443 Å². The van der Waals surface area contributed by atoms with Gasteiger partial charge in [0.2, 0.25) is 41.4 Å². The van der Waals surface area contributed by atoms with E-state index in [2.05, 4.69) is 26.3 Å². The summed E-state index contributed by atoms with van der Waals surface area (Å²) < 4.78 is 0. The molecule has 56 heavy (non-hydrogen) atoms. The molecule has 0 spiro atoms. The Kier molecular flexibility index (Phi) is 22.9. The summed E-state index contributed by atoms with van der Waals surface area (Å²) in [4.78, 5) is 116. The highest BCUT2D eigenvalue weighted by Gasteiger charge is 2.35. The van der Waals surface area contributed by atoms with E-state index < -0.39 is 121 Å². The smallest absolute Gasteiger partial charge is 0.326 e. The molecule has 0 aromatic heterocycles. The summed E-state index contributed by atoms with van der Waals surface area (Å²) in [7, 11) is 0. The van der Waals surface area contributed by atoms with Gasteiger partial charge in [-0.2, -0.15) is 0 Å². The van der Waals surface area contributed by atoms with Crippen LogP contribution in [0.15, 0.2) is 4.99 Å². The van der Waals surface area contributed by atoms with Crippen molar-refractivity contribution in [1.82, 2.24) is 31.9 Å². The zero-order chi connectivity index (χ0) is 43.3. The van der Waals surface area contributed by atoms with Crippen LogP contribution in [0.1, 0.15) is 59.3 Å². The Hall–Kier alpha value is -5.66. The third kappa shape index (κ3) is 19.6. The van der Waals surface area contributed by atoms with E-state index in [9.17, 15) is 68.7 Å². The number of hydrogen-bond donors (Lipinski definition) is 15. The highest BCUT2D eigenvalue weighted by Crippen LogP contribution is 2.09. The first-order chi connectivity index (χ1) is 26.0. The van der Waals surface area contributed by atoms with Gasteiger partial charge in [-0.05, 0) is 38.5 Å². The number of aliphatic imine (C=N–C) groups is 1. The molecule has 0 unspecified atom stereocenters. The second-order valence-electron chi connectivity index (χ2n) is 13.0. The number of aliphatic hydroxyl groups excluding tert-OH is 3. The maximum Gasteiger partial charge on any atom is 0.326 e. The minimum absolute atomic E-state index is 0.0506. The Morgan fingerprint density at radius 2 is 1.09 bits per heavy atom. The molecule has 25 nitrogen and oxygen atoms in total. The average molecular weight is 806 g/mol. The van der Waals surface area contributed by atoms with Crippen molar-refractivity contribution >= 4 is 59.2 Å². The highest BCUT2D eigenvalue weighted by molar-refractivity contribution is 5.98. The van der Waals surface area contributed by atoms with Gasteiger partial charge >= 0.3 is 11.9 Å². The Morgan fingerprint density at radius 1 is 0.625 bits per heavy atom. The van der Waals surface area contributed by atoms with Crippen molar-refractivity contribution < 1.29 is 68.7 Å². The van der Waals surface area contributed by atoms with Gasteiger partial charge in [0.05, 0.1) is 31.8 Å². The Bertz CT molecular complexity index is 1420. The van der Waals surface area contributed by atoms with Gasteiger partial charge in [0, 0.05) is 13.0 Å². The van der Waals surface area contributed by atoms with Crippen LogP contribution in [0.5, 0.6) is 0 Å². The van der Waals surface area contributed by atoms with Crippen LogP contribution in [0, 0.1) is 5.92 Å². The zero-order valence-corrected chi connectivity index (χ0v) is 31.2. The number of amides is 7. The van der Waals surface area contributed by atoms with E-state index in [1.165, 1.54) is 0 Å².